The van der Waals surface area contributed by atoms with Gasteiger partial charge in [-0.3, -0.25) is 0 Å². The molecule has 0 N–H and O–H groups in total. The Morgan fingerprint density at radius 2 is 1.83 bits per heavy atom. The number of methoxy groups -OCH3 is 1. The number of alkyl halides is 3. The first-order valence-electron chi connectivity index (χ1n) is 7.16. The third kappa shape index (κ3) is 4.64. The molecule has 0 heterocycles. The lowest BCUT2D eigenvalue weighted by atomic mass is 9.99. The lowest BCUT2D eigenvalue weighted by Crippen LogP contribution is -2.25. The molecule has 2 rings (SSSR count). The summed E-state index contributed by atoms with van der Waals surface area (Å²) in [4.78, 5) is 0. The van der Waals surface area contributed by atoms with Crippen molar-refractivity contribution in [2.24, 2.45) is 0 Å². The predicted octanol–water partition coefficient (Wildman–Crippen LogP) is 3.34. The highest BCUT2D eigenvalue weighted by Gasteiger charge is 2.49. The number of benzene rings is 1. The number of hydrogen-bond donors (Lipinski definition) is 0. The summed E-state index contributed by atoms with van der Waals surface area (Å²) in [7, 11) is -4.04. The summed E-state index contributed by atoms with van der Waals surface area (Å²) in [6.45, 7) is 0.869. The van der Waals surface area contributed by atoms with Crippen LogP contribution in [0.25, 0.3) is 0 Å². The van der Waals surface area contributed by atoms with E-state index in [9.17, 15) is 21.6 Å². The maximum Gasteiger partial charge on any atom is 0.534 e. The average Bonchev–Trinajstić information content (AvgIpc) is 2.95. The van der Waals surface area contributed by atoms with Gasteiger partial charge in [0, 0.05) is 19.4 Å². The zero-order chi connectivity index (χ0) is 17.8. The highest BCUT2D eigenvalue weighted by molar-refractivity contribution is 7.87. The minimum Gasteiger partial charge on any atom is -0.491 e. The van der Waals surface area contributed by atoms with Crippen molar-refractivity contribution in [3.05, 3.63) is 41.7 Å². The molecule has 1 unspecified atom stereocenters. The third-order valence-electron chi connectivity index (χ3n) is 3.45. The zero-order valence-corrected chi connectivity index (χ0v) is 13.7. The first-order valence-corrected chi connectivity index (χ1v) is 8.57. The van der Waals surface area contributed by atoms with Crippen molar-refractivity contribution in [2.45, 2.75) is 24.3 Å². The van der Waals surface area contributed by atoms with Crippen LogP contribution < -0.4 is 4.74 Å². The molecule has 1 aliphatic rings. The van der Waals surface area contributed by atoms with Crippen molar-refractivity contribution >= 4 is 10.1 Å². The normalized spacial score (nSPS) is 18.3. The number of rotatable bonds is 7. The van der Waals surface area contributed by atoms with Crippen LogP contribution in [0.1, 0.15) is 24.3 Å². The summed E-state index contributed by atoms with van der Waals surface area (Å²) >= 11 is 0. The van der Waals surface area contributed by atoms with Crippen LogP contribution in [0.4, 0.5) is 13.2 Å². The molecule has 0 saturated heterocycles. The molecule has 0 amide bonds. The van der Waals surface area contributed by atoms with Crippen LogP contribution in [-0.2, 0) is 19.0 Å². The van der Waals surface area contributed by atoms with E-state index in [2.05, 4.69) is 4.18 Å². The molecular weight excluding hydrogens is 349 g/mol. The molecule has 9 heteroatoms. The van der Waals surface area contributed by atoms with Gasteiger partial charge in [0.15, 0.2) is 0 Å². The molecule has 0 radical (unpaired) electrons. The van der Waals surface area contributed by atoms with Crippen molar-refractivity contribution < 1.29 is 35.2 Å². The summed E-state index contributed by atoms with van der Waals surface area (Å²) in [5.74, 6) is 0.267. The van der Waals surface area contributed by atoms with Gasteiger partial charge in [-0.1, -0.05) is 12.1 Å². The van der Waals surface area contributed by atoms with Crippen molar-refractivity contribution in [1.82, 2.24) is 0 Å². The molecule has 0 fully saturated rings. The minimum absolute atomic E-state index is 0.131. The molecule has 0 aliphatic heterocycles. The van der Waals surface area contributed by atoms with E-state index in [1.807, 2.05) is 0 Å². The Labute approximate surface area is 138 Å². The van der Waals surface area contributed by atoms with Crippen LogP contribution in [0.2, 0.25) is 0 Å². The first kappa shape index (κ1) is 18.6. The van der Waals surface area contributed by atoms with Crippen LogP contribution in [0, 0.1) is 0 Å². The van der Waals surface area contributed by atoms with E-state index in [0.29, 0.717) is 25.4 Å². The second kappa shape index (κ2) is 7.43. The summed E-state index contributed by atoms with van der Waals surface area (Å²) < 4.78 is 73.4. The topological polar surface area (TPSA) is 61.8 Å². The molecule has 1 aromatic carbocycles. The largest absolute Gasteiger partial charge is 0.534 e. The van der Waals surface area contributed by atoms with Gasteiger partial charge in [-0.05, 0) is 30.2 Å². The van der Waals surface area contributed by atoms with Gasteiger partial charge in [0.05, 0.1) is 6.61 Å². The van der Waals surface area contributed by atoms with Gasteiger partial charge in [0.2, 0.25) is 0 Å². The van der Waals surface area contributed by atoms with E-state index in [1.54, 1.807) is 31.4 Å². The quantitative estimate of drug-likeness (QED) is 0.421. The van der Waals surface area contributed by atoms with Crippen LogP contribution in [0.3, 0.4) is 0 Å². The Bertz CT molecular complexity index is 680. The number of allylic oxidation sites excluding steroid dienone is 2. The van der Waals surface area contributed by atoms with Gasteiger partial charge in [-0.15, -0.1) is 0 Å². The van der Waals surface area contributed by atoms with Crippen LogP contribution >= 0.6 is 0 Å². The maximum absolute atomic E-state index is 12.3. The fourth-order valence-corrected chi connectivity index (χ4v) is 2.78. The molecule has 0 saturated carbocycles. The summed E-state index contributed by atoms with van der Waals surface area (Å²) in [6.07, 6.45) is 2.02. The van der Waals surface area contributed by atoms with E-state index in [4.69, 9.17) is 9.47 Å². The molecule has 1 atom stereocenters. The standard InChI is InChI=1S/C15H17F3O5S/c1-21-8-9-22-13-5-2-11(3-6-13)12-4-7-14(10-12)23-24(19,20)15(16,17)18/h2-3,5-6,10,12H,4,7-9H2,1H3. The van der Waals surface area contributed by atoms with Crippen LogP contribution in [-0.4, -0.2) is 34.2 Å². The second-order valence-corrected chi connectivity index (χ2v) is 6.71. The monoisotopic (exact) mass is 366 g/mol. The fourth-order valence-electron chi connectivity index (χ4n) is 2.26. The molecule has 0 spiro atoms. The van der Waals surface area contributed by atoms with E-state index < -0.39 is 15.6 Å². The van der Waals surface area contributed by atoms with Gasteiger partial charge in [-0.2, -0.15) is 21.6 Å². The maximum atomic E-state index is 12.3. The molecule has 0 aromatic heterocycles. The lowest BCUT2D eigenvalue weighted by molar-refractivity contribution is -0.0522. The van der Waals surface area contributed by atoms with Gasteiger partial charge in [0.1, 0.15) is 18.1 Å². The lowest BCUT2D eigenvalue weighted by Gasteiger charge is -2.10. The van der Waals surface area contributed by atoms with Gasteiger partial charge >= 0.3 is 15.6 Å². The Kier molecular flexibility index (Phi) is 5.76. The van der Waals surface area contributed by atoms with Crippen LogP contribution in [0.15, 0.2) is 36.1 Å². The molecule has 24 heavy (non-hydrogen) atoms. The predicted molar refractivity (Wildman–Crippen MR) is 79.9 cm³/mol. The third-order valence-corrected chi connectivity index (χ3v) is 4.45. The van der Waals surface area contributed by atoms with Crippen molar-refractivity contribution in [3.8, 4) is 5.75 Å². The molecule has 5 nitrogen and oxygen atoms in total. The highest BCUT2D eigenvalue weighted by Crippen LogP contribution is 2.36. The minimum atomic E-state index is -5.61. The summed E-state index contributed by atoms with van der Waals surface area (Å²) in [5, 5.41) is 0. The van der Waals surface area contributed by atoms with Gasteiger partial charge in [-0.25, -0.2) is 0 Å². The molecule has 1 aliphatic carbocycles. The van der Waals surface area contributed by atoms with Gasteiger partial charge in [0.25, 0.3) is 0 Å². The molecular formula is C15H17F3O5S. The molecule has 1 aromatic rings. The Morgan fingerprint density at radius 3 is 2.42 bits per heavy atom. The first-order chi connectivity index (χ1) is 11.2. The number of halogens is 3. The number of hydrogen-bond acceptors (Lipinski definition) is 5. The SMILES string of the molecule is COCCOc1ccc(C2C=C(OS(=O)(=O)C(F)(F)F)CC2)cc1. The van der Waals surface area contributed by atoms with Crippen molar-refractivity contribution in [3.63, 3.8) is 0 Å². The van der Waals surface area contributed by atoms with E-state index in [0.717, 1.165) is 5.56 Å². The van der Waals surface area contributed by atoms with E-state index in [-0.39, 0.29) is 18.1 Å². The summed E-state index contributed by atoms with van der Waals surface area (Å²) in [5.41, 5.74) is -4.58. The van der Waals surface area contributed by atoms with E-state index >= 15 is 0 Å². The van der Waals surface area contributed by atoms with E-state index in [1.165, 1.54) is 6.08 Å². The Balaban J connectivity index is 2.00. The summed E-state index contributed by atoms with van der Waals surface area (Å²) in [6, 6.07) is 7.04. The van der Waals surface area contributed by atoms with Crippen molar-refractivity contribution in [2.75, 3.05) is 20.3 Å². The average molecular weight is 366 g/mol. The highest BCUT2D eigenvalue weighted by atomic mass is 32.2. The molecule has 0 bridgehead atoms. The van der Waals surface area contributed by atoms with Gasteiger partial charge < -0.3 is 13.7 Å². The smallest absolute Gasteiger partial charge is 0.491 e. The van der Waals surface area contributed by atoms with Crippen molar-refractivity contribution in [1.29, 1.82) is 0 Å². The fraction of sp³-hybridized carbons (Fsp3) is 0.467. The zero-order valence-electron chi connectivity index (χ0n) is 12.9. The Morgan fingerprint density at radius 1 is 1.17 bits per heavy atom. The van der Waals surface area contributed by atoms with Crippen LogP contribution in [0.5, 0.6) is 5.75 Å². The second-order valence-electron chi connectivity index (χ2n) is 5.17. The Hall–Kier alpha value is -1.74. The molecule has 134 valence electrons. The number of ether oxygens (including phenoxy) is 2.